The van der Waals surface area contributed by atoms with Crippen LogP contribution in [0.3, 0.4) is 0 Å². The summed E-state index contributed by atoms with van der Waals surface area (Å²) in [4.78, 5) is 0. The largest absolute Gasteiger partial charge is 0.412 e. The summed E-state index contributed by atoms with van der Waals surface area (Å²) in [7, 11) is -5.23. The SMILES string of the molecule is CC(O[Si](C(C)C)(C(C)C)C(C)C)C1(S(=O)(=O)C2(CBr)CC2)CC1. The average Bonchev–Trinajstić information content (AvgIpc) is 3.36. The highest BCUT2D eigenvalue weighted by Gasteiger charge is 2.69. The van der Waals surface area contributed by atoms with E-state index >= 15 is 0 Å². The molecule has 3 nitrogen and oxygen atoms in total. The molecule has 0 heterocycles. The van der Waals surface area contributed by atoms with Gasteiger partial charge in [-0.2, -0.15) is 0 Å². The fraction of sp³-hybridized carbons (Fsp3) is 1.00. The number of hydrogen-bond donors (Lipinski definition) is 0. The normalized spacial score (nSPS) is 23.8. The molecule has 0 aromatic carbocycles. The molecular formula is C18H35BrO3SSi. The highest BCUT2D eigenvalue weighted by Crippen LogP contribution is 2.60. The zero-order chi connectivity index (χ0) is 18.6. The molecular weight excluding hydrogens is 404 g/mol. The molecule has 0 bridgehead atoms. The molecule has 1 unspecified atom stereocenters. The summed E-state index contributed by atoms with van der Waals surface area (Å²) in [6.45, 7) is 15.6. The van der Waals surface area contributed by atoms with Crippen molar-refractivity contribution in [3.05, 3.63) is 0 Å². The van der Waals surface area contributed by atoms with Gasteiger partial charge in [0.05, 0.1) is 15.6 Å². The number of hydrogen-bond acceptors (Lipinski definition) is 3. The summed E-state index contributed by atoms with van der Waals surface area (Å²) in [5.74, 6) is 0. The Morgan fingerprint density at radius 3 is 1.58 bits per heavy atom. The molecule has 6 heteroatoms. The van der Waals surface area contributed by atoms with Crippen LogP contribution in [0.25, 0.3) is 0 Å². The zero-order valence-electron chi connectivity index (χ0n) is 16.4. The van der Waals surface area contributed by atoms with Crippen LogP contribution in [-0.2, 0) is 14.3 Å². The van der Waals surface area contributed by atoms with E-state index in [0.29, 0.717) is 22.0 Å². The second-order valence-corrected chi connectivity index (χ2v) is 17.6. The second-order valence-electron chi connectivity index (χ2n) is 8.96. The molecule has 2 rings (SSSR count). The molecule has 1 atom stereocenters. The van der Waals surface area contributed by atoms with Gasteiger partial charge in [-0.25, -0.2) is 8.42 Å². The van der Waals surface area contributed by atoms with Crippen LogP contribution in [0.4, 0.5) is 0 Å². The van der Waals surface area contributed by atoms with E-state index in [2.05, 4.69) is 57.5 Å². The Kier molecular flexibility index (Phi) is 5.79. The van der Waals surface area contributed by atoms with Gasteiger partial charge in [-0.05, 0) is 49.2 Å². The summed E-state index contributed by atoms with van der Waals surface area (Å²) in [5.41, 5.74) is 1.43. The summed E-state index contributed by atoms with van der Waals surface area (Å²) >= 11 is 3.46. The Balaban J connectivity index is 2.33. The molecule has 0 aliphatic heterocycles. The predicted octanol–water partition coefficient (Wildman–Crippen LogP) is 5.44. The van der Waals surface area contributed by atoms with Gasteiger partial charge >= 0.3 is 0 Å². The first-order valence-corrected chi connectivity index (χ1v) is 14.2. The quantitative estimate of drug-likeness (QED) is 0.355. The molecule has 2 saturated carbocycles. The molecule has 2 fully saturated rings. The molecule has 0 N–H and O–H groups in total. The van der Waals surface area contributed by atoms with E-state index < -0.39 is 27.6 Å². The van der Waals surface area contributed by atoms with E-state index in [9.17, 15) is 8.42 Å². The fourth-order valence-electron chi connectivity index (χ4n) is 4.88. The van der Waals surface area contributed by atoms with E-state index in [0.717, 1.165) is 25.7 Å². The minimum absolute atomic E-state index is 0.196. The van der Waals surface area contributed by atoms with E-state index in [1.807, 2.05) is 6.92 Å². The summed E-state index contributed by atoms with van der Waals surface area (Å²) in [6.07, 6.45) is 2.94. The molecule has 0 saturated heterocycles. The van der Waals surface area contributed by atoms with Crippen LogP contribution in [0.5, 0.6) is 0 Å². The monoisotopic (exact) mass is 438 g/mol. The zero-order valence-corrected chi connectivity index (χ0v) is 19.8. The highest BCUT2D eigenvalue weighted by molar-refractivity contribution is 9.09. The minimum Gasteiger partial charge on any atom is -0.412 e. The molecule has 0 radical (unpaired) electrons. The number of rotatable bonds is 9. The average molecular weight is 440 g/mol. The van der Waals surface area contributed by atoms with Gasteiger partial charge in [0.25, 0.3) is 0 Å². The van der Waals surface area contributed by atoms with Crippen molar-refractivity contribution in [3.63, 3.8) is 0 Å². The lowest BCUT2D eigenvalue weighted by Gasteiger charge is -2.45. The molecule has 0 aromatic rings. The fourth-order valence-corrected chi connectivity index (χ4v) is 14.9. The topological polar surface area (TPSA) is 43.4 Å². The Labute approximate surface area is 158 Å². The summed E-state index contributed by atoms with van der Waals surface area (Å²) in [6, 6.07) is 0. The first-order chi connectivity index (χ1) is 10.9. The van der Waals surface area contributed by atoms with Gasteiger partial charge in [0.15, 0.2) is 9.84 Å². The van der Waals surface area contributed by atoms with Gasteiger partial charge in [0, 0.05) is 5.33 Å². The Hall–Kier alpha value is 0.607. The van der Waals surface area contributed by atoms with Crippen LogP contribution >= 0.6 is 15.9 Å². The van der Waals surface area contributed by atoms with Crippen molar-refractivity contribution in [2.24, 2.45) is 0 Å². The number of halogens is 1. The number of alkyl halides is 1. The third kappa shape index (κ3) is 2.87. The summed E-state index contributed by atoms with van der Waals surface area (Å²) < 4.78 is 32.4. The van der Waals surface area contributed by atoms with Crippen molar-refractivity contribution in [3.8, 4) is 0 Å². The molecule has 142 valence electrons. The Morgan fingerprint density at radius 1 is 0.917 bits per heavy atom. The van der Waals surface area contributed by atoms with Crippen LogP contribution in [0.15, 0.2) is 0 Å². The van der Waals surface area contributed by atoms with Gasteiger partial charge < -0.3 is 4.43 Å². The predicted molar refractivity (Wildman–Crippen MR) is 108 cm³/mol. The van der Waals surface area contributed by atoms with Gasteiger partial charge in [0.1, 0.15) is 0 Å². The van der Waals surface area contributed by atoms with E-state index in [4.69, 9.17) is 4.43 Å². The van der Waals surface area contributed by atoms with Gasteiger partial charge in [-0.15, -0.1) is 0 Å². The molecule has 0 amide bonds. The highest BCUT2D eigenvalue weighted by atomic mass is 79.9. The maximum Gasteiger partial charge on any atom is 0.200 e. The van der Waals surface area contributed by atoms with E-state index in [-0.39, 0.29) is 6.10 Å². The van der Waals surface area contributed by atoms with Crippen molar-refractivity contribution < 1.29 is 12.8 Å². The molecule has 2 aliphatic rings. The van der Waals surface area contributed by atoms with Crippen molar-refractivity contribution in [1.82, 2.24) is 0 Å². The van der Waals surface area contributed by atoms with Gasteiger partial charge in [-0.1, -0.05) is 57.5 Å². The smallest absolute Gasteiger partial charge is 0.200 e. The third-order valence-corrected chi connectivity index (χ3v) is 17.9. The maximum absolute atomic E-state index is 13.4. The third-order valence-electron chi connectivity index (χ3n) is 6.73. The van der Waals surface area contributed by atoms with Gasteiger partial charge in [0.2, 0.25) is 8.32 Å². The van der Waals surface area contributed by atoms with Gasteiger partial charge in [-0.3, -0.25) is 0 Å². The molecule has 24 heavy (non-hydrogen) atoms. The standard InChI is InChI=1S/C18H35BrO3SSi/c1-13(2)24(14(3)4,15(5)6)22-16(7)18(10-11-18)23(20,21)17(12-19)8-9-17/h13-16H,8-12H2,1-7H3. The van der Waals surface area contributed by atoms with Crippen molar-refractivity contribution in [2.45, 2.75) is 106 Å². The molecule has 0 spiro atoms. The lowest BCUT2D eigenvalue weighted by molar-refractivity contribution is 0.177. The van der Waals surface area contributed by atoms with Crippen LogP contribution in [0, 0.1) is 0 Å². The van der Waals surface area contributed by atoms with Crippen molar-refractivity contribution in [1.29, 1.82) is 0 Å². The van der Waals surface area contributed by atoms with Crippen molar-refractivity contribution in [2.75, 3.05) is 5.33 Å². The first kappa shape index (κ1) is 20.9. The lowest BCUT2D eigenvalue weighted by atomic mass is 10.3. The van der Waals surface area contributed by atoms with Crippen LogP contribution in [0.2, 0.25) is 16.6 Å². The van der Waals surface area contributed by atoms with Crippen LogP contribution < -0.4 is 0 Å². The lowest BCUT2D eigenvalue weighted by Crippen LogP contribution is -2.54. The van der Waals surface area contributed by atoms with Crippen LogP contribution in [-0.4, -0.2) is 37.7 Å². The van der Waals surface area contributed by atoms with E-state index in [1.165, 1.54) is 0 Å². The van der Waals surface area contributed by atoms with E-state index in [1.54, 1.807) is 0 Å². The Morgan fingerprint density at radius 2 is 1.33 bits per heavy atom. The molecule has 2 aliphatic carbocycles. The second kappa shape index (κ2) is 6.65. The minimum atomic E-state index is -3.16. The first-order valence-electron chi connectivity index (χ1n) is 9.41. The molecule has 0 aromatic heterocycles. The summed E-state index contributed by atoms with van der Waals surface area (Å²) in [5, 5.41) is 0.567. The maximum atomic E-state index is 13.4. The number of sulfone groups is 1. The van der Waals surface area contributed by atoms with Crippen molar-refractivity contribution >= 4 is 34.1 Å². The van der Waals surface area contributed by atoms with Crippen LogP contribution in [0.1, 0.15) is 74.1 Å². The Bertz CT molecular complexity index is 541.